The molecule has 0 saturated heterocycles. The average molecular weight is 469 g/mol. The topological polar surface area (TPSA) is 87.4 Å². The van der Waals surface area contributed by atoms with Crippen molar-refractivity contribution in [1.82, 2.24) is 24.7 Å². The minimum absolute atomic E-state index is 0.130. The first kappa shape index (κ1) is 23.1. The number of hydrogen-bond donors (Lipinski definition) is 3. The van der Waals surface area contributed by atoms with Crippen LogP contribution in [0.25, 0.3) is 17.0 Å². The molecule has 0 unspecified atom stereocenters. The molecule has 4 rings (SSSR count). The largest absolute Gasteiger partial charge is 0.387 e. The fraction of sp³-hybridized carbons (Fsp3) is 0.292. The average Bonchev–Trinajstić information content (AvgIpc) is 3.24. The van der Waals surface area contributed by atoms with Crippen LogP contribution >= 0.6 is 11.6 Å². The van der Waals surface area contributed by atoms with Crippen LogP contribution in [0.15, 0.2) is 55.0 Å². The van der Waals surface area contributed by atoms with Crippen molar-refractivity contribution in [2.75, 3.05) is 11.9 Å². The highest BCUT2D eigenvalue weighted by atomic mass is 35.5. The number of rotatable bonds is 8. The van der Waals surface area contributed by atoms with E-state index < -0.39 is 11.9 Å². The van der Waals surface area contributed by atoms with Crippen LogP contribution in [0.4, 0.5) is 10.3 Å². The summed E-state index contributed by atoms with van der Waals surface area (Å²) in [7, 11) is 0. The van der Waals surface area contributed by atoms with Crippen molar-refractivity contribution < 1.29 is 9.50 Å². The van der Waals surface area contributed by atoms with E-state index in [4.69, 9.17) is 11.6 Å². The number of imidazole rings is 1. The van der Waals surface area contributed by atoms with Gasteiger partial charge in [0.25, 0.3) is 0 Å². The molecule has 4 aromatic rings. The molecule has 3 heterocycles. The maximum absolute atomic E-state index is 14.6. The quantitative estimate of drug-likeness (QED) is 0.344. The molecule has 0 aliphatic rings. The number of aliphatic hydroxyl groups excluding tert-OH is 1. The van der Waals surface area contributed by atoms with Gasteiger partial charge in [-0.05, 0) is 30.2 Å². The summed E-state index contributed by atoms with van der Waals surface area (Å²) in [5, 5.41) is 17.2. The van der Waals surface area contributed by atoms with Crippen LogP contribution in [-0.2, 0) is 0 Å². The summed E-state index contributed by atoms with van der Waals surface area (Å²) < 4.78 is 16.3. The predicted octanol–water partition coefficient (Wildman–Crippen LogP) is 4.79. The van der Waals surface area contributed by atoms with Gasteiger partial charge in [-0.15, -0.1) is 0 Å². The number of fused-ring (bicyclic) bond motifs is 1. The van der Waals surface area contributed by atoms with Gasteiger partial charge < -0.3 is 15.7 Å². The SMILES string of the molecule is CC(C)NC[C@@H](O)c1ccc([C@H](C)Nc2ncc(F)c(-c3cnc4c(Cl)cccn34)n2)cc1. The zero-order chi connectivity index (χ0) is 23.5. The van der Waals surface area contributed by atoms with Crippen molar-refractivity contribution in [2.24, 2.45) is 0 Å². The lowest BCUT2D eigenvalue weighted by atomic mass is 10.0. The number of anilines is 1. The van der Waals surface area contributed by atoms with Gasteiger partial charge in [0.1, 0.15) is 5.69 Å². The number of aromatic nitrogens is 4. The second-order valence-electron chi connectivity index (χ2n) is 8.19. The number of nitrogens with one attached hydrogen (secondary N) is 2. The highest BCUT2D eigenvalue weighted by Gasteiger charge is 2.17. The first-order chi connectivity index (χ1) is 15.8. The molecule has 0 bridgehead atoms. The molecular weight excluding hydrogens is 443 g/mol. The molecule has 1 aromatic carbocycles. The van der Waals surface area contributed by atoms with Gasteiger partial charge in [0.05, 0.1) is 35.3 Å². The zero-order valence-electron chi connectivity index (χ0n) is 18.6. The first-order valence-electron chi connectivity index (χ1n) is 10.8. The van der Waals surface area contributed by atoms with Gasteiger partial charge in [-0.3, -0.25) is 4.40 Å². The van der Waals surface area contributed by atoms with E-state index in [0.29, 0.717) is 34.9 Å². The monoisotopic (exact) mass is 468 g/mol. The number of halogens is 2. The Hall–Kier alpha value is -3.07. The van der Waals surface area contributed by atoms with Crippen molar-refractivity contribution in [3.63, 3.8) is 0 Å². The summed E-state index contributed by atoms with van der Waals surface area (Å²) in [6.45, 7) is 6.53. The summed E-state index contributed by atoms with van der Waals surface area (Å²) in [6.07, 6.45) is 3.86. The van der Waals surface area contributed by atoms with Gasteiger partial charge in [-0.2, -0.15) is 0 Å². The third-order valence-corrected chi connectivity index (χ3v) is 5.66. The minimum atomic E-state index is -0.577. The molecule has 0 saturated carbocycles. The number of pyridine rings is 1. The molecular formula is C24H26ClFN6O. The Morgan fingerprint density at radius 2 is 1.79 bits per heavy atom. The molecule has 0 amide bonds. The summed E-state index contributed by atoms with van der Waals surface area (Å²) in [5.74, 6) is -0.260. The normalized spacial score (nSPS) is 13.4. The van der Waals surface area contributed by atoms with Gasteiger partial charge in [-0.25, -0.2) is 19.3 Å². The lowest BCUT2D eigenvalue weighted by Crippen LogP contribution is -2.27. The lowest BCUT2D eigenvalue weighted by Gasteiger charge is -2.17. The van der Waals surface area contributed by atoms with E-state index in [1.165, 1.54) is 6.20 Å². The van der Waals surface area contributed by atoms with Crippen LogP contribution in [0.5, 0.6) is 0 Å². The summed E-state index contributed by atoms with van der Waals surface area (Å²) in [6, 6.07) is 11.4. The third-order valence-electron chi connectivity index (χ3n) is 5.36. The van der Waals surface area contributed by atoms with Crippen LogP contribution in [0.2, 0.25) is 5.02 Å². The first-order valence-corrected chi connectivity index (χ1v) is 11.1. The Kier molecular flexibility index (Phi) is 6.88. The Bertz CT molecular complexity index is 1240. The number of hydrogen-bond acceptors (Lipinski definition) is 6. The number of aliphatic hydroxyl groups is 1. The Labute approximate surface area is 196 Å². The van der Waals surface area contributed by atoms with Gasteiger partial charge in [0.15, 0.2) is 11.5 Å². The van der Waals surface area contributed by atoms with Crippen LogP contribution in [-0.4, -0.2) is 37.0 Å². The Morgan fingerprint density at radius 3 is 2.52 bits per heavy atom. The number of nitrogens with zero attached hydrogens (tertiary/aromatic N) is 4. The molecule has 7 nitrogen and oxygen atoms in total. The standard InChI is InChI=1S/C24H26ClFN6O/c1-14(2)27-13-21(33)17-8-6-16(7-9-17)15(3)30-24-29-11-19(26)22(31-24)20-12-28-23-18(25)5-4-10-32(20)23/h4-12,14-15,21,27,33H,13H2,1-3H3,(H,29,30,31)/t15-,21+/m0/s1. The molecule has 0 aliphatic heterocycles. The van der Waals surface area contributed by atoms with Crippen molar-refractivity contribution in [3.8, 4) is 11.4 Å². The maximum Gasteiger partial charge on any atom is 0.223 e. The highest BCUT2D eigenvalue weighted by molar-refractivity contribution is 6.33. The molecule has 33 heavy (non-hydrogen) atoms. The van der Waals surface area contributed by atoms with Crippen molar-refractivity contribution in [3.05, 3.63) is 77.0 Å². The molecule has 2 atom stereocenters. The predicted molar refractivity (Wildman–Crippen MR) is 128 cm³/mol. The summed E-state index contributed by atoms with van der Waals surface area (Å²) in [4.78, 5) is 12.8. The second-order valence-corrected chi connectivity index (χ2v) is 8.60. The van der Waals surface area contributed by atoms with Crippen molar-refractivity contribution in [2.45, 2.75) is 39.0 Å². The summed E-state index contributed by atoms with van der Waals surface area (Å²) >= 11 is 6.19. The lowest BCUT2D eigenvalue weighted by molar-refractivity contribution is 0.171. The maximum atomic E-state index is 14.6. The van der Waals surface area contributed by atoms with Crippen LogP contribution in [0.1, 0.15) is 44.0 Å². The van der Waals surface area contributed by atoms with E-state index in [1.807, 2.05) is 45.0 Å². The Morgan fingerprint density at radius 1 is 1.06 bits per heavy atom. The summed E-state index contributed by atoms with van der Waals surface area (Å²) in [5.41, 5.74) is 2.97. The van der Waals surface area contributed by atoms with E-state index in [2.05, 4.69) is 25.6 Å². The fourth-order valence-corrected chi connectivity index (χ4v) is 3.73. The van der Waals surface area contributed by atoms with Crippen LogP contribution in [0.3, 0.4) is 0 Å². The van der Waals surface area contributed by atoms with E-state index in [0.717, 1.165) is 17.3 Å². The van der Waals surface area contributed by atoms with E-state index in [-0.39, 0.29) is 11.7 Å². The molecule has 0 aliphatic carbocycles. The molecule has 0 spiro atoms. The van der Waals surface area contributed by atoms with E-state index >= 15 is 0 Å². The molecule has 0 fully saturated rings. The van der Waals surface area contributed by atoms with Crippen LogP contribution < -0.4 is 10.6 Å². The second kappa shape index (κ2) is 9.82. The van der Waals surface area contributed by atoms with E-state index in [9.17, 15) is 9.50 Å². The third kappa shape index (κ3) is 5.13. The molecule has 9 heteroatoms. The smallest absolute Gasteiger partial charge is 0.223 e. The fourth-order valence-electron chi connectivity index (χ4n) is 3.52. The molecule has 3 aromatic heterocycles. The highest BCUT2D eigenvalue weighted by Crippen LogP contribution is 2.27. The zero-order valence-corrected chi connectivity index (χ0v) is 19.4. The van der Waals surface area contributed by atoms with Gasteiger partial charge in [0, 0.05) is 18.8 Å². The van der Waals surface area contributed by atoms with Crippen molar-refractivity contribution in [1.29, 1.82) is 0 Å². The van der Waals surface area contributed by atoms with Gasteiger partial charge in [0.2, 0.25) is 5.95 Å². The Balaban J connectivity index is 1.52. The van der Waals surface area contributed by atoms with Gasteiger partial charge >= 0.3 is 0 Å². The van der Waals surface area contributed by atoms with Gasteiger partial charge in [-0.1, -0.05) is 49.7 Å². The number of benzene rings is 1. The van der Waals surface area contributed by atoms with E-state index in [1.54, 1.807) is 22.7 Å². The van der Waals surface area contributed by atoms with Crippen LogP contribution in [0, 0.1) is 5.82 Å². The van der Waals surface area contributed by atoms with Crippen molar-refractivity contribution >= 4 is 23.2 Å². The minimum Gasteiger partial charge on any atom is -0.387 e. The molecule has 0 radical (unpaired) electrons. The molecule has 172 valence electrons. The molecule has 3 N–H and O–H groups in total.